The van der Waals surface area contributed by atoms with Crippen LogP contribution in [0.25, 0.3) is 0 Å². The molecule has 1 unspecified atom stereocenters. The van der Waals surface area contributed by atoms with Crippen molar-refractivity contribution in [3.05, 3.63) is 0 Å². The maximum Gasteiger partial charge on any atom is 0.236 e. The molecule has 4 heteroatoms. The molecular weight excluding hydrogens is 216 g/mol. The van der Waals surface area contributed by atoms with Gasteiger partial charge in [0.25, 0.3) is 0 Å². The maximum absolute atomic E-state index is 12.0. The molecule has 0 aromatic rings. The Morgan fingerprint density at radius 2 is 2.12 bits per heavy atom. The van der Waals surface area contributed by atoms with E-state index in [9.17, 15) is 4.79 Å². The van der Waals surface area contributed by atoms with E-state index in [1.54, 1.807) is 7.11 Å². The third kappa shape index (κ3) is 3.68. The number of ether oxygens (including phenoxy) is 1. The molecule has 1 atom stereocenters. The van der Waals surface area contributed by atoms with E-state index in [1.807, 2.05) is 4.90 Å². The van der Waals surface area contributed by atoms with Gasteiger partial charge in [-0.3, -0.25) is 4.79 Å². The Hall–Kier alpha value is -0.610. The van der Waals surface area contributed by atoms with Gasteiger partial charge in [-0.25, -0.2) is 0 Å². The van der Waals surface area contributed by atoms with Gasteiger partial charge in [0.05, 0.1) is 13.2 Å². The lowest BCUT2D eigenvalue weighted by Crippen LogP contribution is -2.40. The van der Waals surface area contributed by atoms with Crippen molar-refractivity contribution in [3.8, 4) is 0 Å². The number of amides is 1. The lowest BCUT2D eigenvalue weighted by Gasteiger charge is -2.18. The predicted octanol–water partition coefficient (Wildman–Crippen LogP) is 1.01. The molecule has 2 rings (SSSR count). The van der Waals surface area contributed by atoms with Crippen molar-refractivity contribution >= 4 is 5.91 Å². The maximum atomic E-state index is 12.0. The van der Waals surface area contributed by atoms with Gasteiger partial charge >= 0.3 is 0 Å². The highest BCUT2D eigenvalue weighted by atomic mass is 16.5. The quantitative estimate of drug-likeness (QED) is 0.780. The summed E-state index contributed by atoms with van der Waals surface area (Å²) in [6.07, 6.45) is 6.18. The van der Waals surface area contributed by atoms with E-state index >= 15 is 0 Å². The van der Waals surface area contributed by atoms with Gasteiger partial charge in [0, 0.05) is 32.2 Å². The number of hydrogen-bond donors (Lipinski definition) is 1. The van der Waals surface area contributed by atoms with Crippen molar-refractivity contribution < 1.29 is 9.53 Å². The predicted molar refractivity (Wildman–Crippen MR) is 66.8 cm³/mol. The Morgan fingerprint density at radius 1 is 1.35 bits per heavy atom. The fourth-order valence-electron chi connectivity index (χ4n) is 2.90. The average Bonchev–Trinajstić information content (AvgIpc) is 2.97. The average molecular weight is 240 g/mol. The fraction of sp³-hybridized carbons (Fsp3) is 0.923. The minimum atomic E-state index is 0.260. The van der Waals surface area contributed by atoms with Crippen LogP contribution < -0.4 is 5.32 Å². The Kier molecular flexibility index (Phi) is 4.80. The first-order valence-electron chi connectivity index (χ1n) is 6.79. The smallest absolute Gasteiger partial charge is 0.236 e. The van der Waals surface area contributed by atoms with Crippen LogP contribution >= 0.6 is 0 Å². The molecule has 0 radical (unpaired) electrons. The number of nitrogens with one attached hydrogen (secondary N) is 1. The lowest BCUT2D eigenvalue weighted by molar-refractivity contribution is -0.129. The molecule has 1 N–H and O–H groups in total. The van der Waals surface area contributed by atoms with Crippen molar-refractivity contribution in [1.82, 2.24) is 10.2 Å². The Labute approximate surface area is 104 Å². The number of likely N-dealkylation sites (tertiary alicyclic amines) is 1. The van der Waals surface area contributed by atoms with Crippen molar-refractivity contribution in [2.45, 2.75) is 38.1 Å². The Bertz CT molecular complexity index is 252. The van der Waals surface area contributed by atoms with E-state index < -0.39 is 0 Å². The molecule has 1 aliphatic carbocycles. The van der Waals surface area contributed by atoms with E-state index in [1.165, 1.54) is 25.7 Å². The second kappa shape index (κ2) is 6.36. The summed E-state index contributed by atoms with van der Waals surface area (Å²) in [5, 5.41) is 3.38. The second-order valence-electron chi connectivity index (χ2n) is 5.31. The van der Waals surface area contributed by atoms with E-state index in [0.29, 0.717) is 18.5 Å². The second-order valence-corrected chi connectivity index (χ2v) is 5.31. The van der Waals surface area contributed by atoms with Gasteiger partial charge in [-0.1, -0.05) is 12.8 Å². The van der Waals surface area contributed by atoms with Gasteiger partial charge in [-0.15, -0.1) is 0 Å². The zero-order valence-corrected chi connectivity index (χ0v) is 10.8. The van der Waals surface area contributed by atoms with Crippen LogP contribution in [-0.2, 0) is 9.53 Å². The van der Waals surface area contributed by atoms with Gasteiger partial charge < -0.3 is 15.0 Å². The summed E-state index contributed by atoms with van der Waals surface area (Å²) in [7, 11) is 1.73. The van der Waals surface area contributed by atoms with Gasteiger partial charge in [0.1, 0.15) is 0 Å². The van der Waals surface area contributed by atoms with Gasteiger partial charge in [-0.2, -0.15) is 0 Å². The number of carbonyl (C=O) groups is 1. The zero-order chi connectivity index (χ0) is 12.1. The molecule has 0 bridgehead atoms. The third-order valence-corrected chi connectivity index (χ3v) is 3.94. The van der Waals surface area contributed by atoms with Gasteiger partial charge in [0.2, 0.25) is 5.91 Å². The van der Waals surface area contributed by atoms with Crippen LogP contribution in [0.15, 0.2) is 0 Å². The number of hydrogen-bond acceptors (Lipinski definition) is 3. The first-order valence-corrected chi connectivity index (χ1v) is 6.79. The zero-order valence-electron chi connectivity index (χ0n) is 10.8. The lowest BCUT2D eigenvalue weighted by atomic mass is 10.1. The molecule has 0 aromatic heterocycles. The number of methoxy groups -OCH3 is 1. The van der Waals surface area contributed by atoms with Crippen LogP contribution in [0.5, 0.6) is 0 Å². The molecule has 1 saturated carbocycles. The summed E-state index contributed by atoms with van der Waals surface area (Å²) in [6, 6.07) is 0.580. The molecule has 1 saturated heterocycles. The van der Waals surface area contributed by atoms with Crippen molar-refractivity contribution in [2.75, 3.05) is 33.4 Å². The first-order chi connectivity index (χ1) is 8.29. The molecule has 0 spiro atoms. The van der Waals surface area contributed by atoms with Gasteiger partial charge in [-0.05, 0) is 19.3 Å². The Morgan fingerprint density at radius 3 is 2.82 bits per heavy atom. The van der Waals surface area contributed by atoms with Crippen molar-refractivity contribution in [3.63, 3.8) is 0 Å². The van der Waals surface area contributed by atoms with Gasteiger partial charge in [0.15, 0.2) is 0 Å². The van der Waals surface area contributed by atoms with E-state index in [2.05, 4.69) is 5.32 Å². The summed E-state index contributed by atoms with van der Waals surface area (Å²) >= 11 is 0. The van der Waals surface area contributed by atoms with E-state index in [4.69, 9.17) is 4.74 Å². The summed E-state index contributed by atoms with van der Waals surface area (Å²) < 4.78 is 5.14. The largest absolute Gasteiger partial charge is 0.384 e. The van der Waals surface area contributed by atoms with Crippen LogP contribution in [0.3, 0.4) is 0 Å². The fourth-order valence-corrected chi connectivity index (χ4v) is 2.90. The van der Waals surface area contributed by atoms with Crippen LogP contribution in [0, 0.1) is 5.92 Å². The minimum absolute atomic E-state index is 0.260. The normalized spacial score (nSPS) is 25.7. The third-order valence-electron chi connectivity index (χ3n) is 3.94. The van der Waals surface area contributed by atoms with Crippen LogP contribution in [-0.4, -0.2) is 50.2 Å². The summed E-state index contributed by atoms with van der Waals surface area (Å²) in [6.45, 7) is 3.07. The number of nitrogens with zero attached hydrogens (tertiary/aromatic N) is 1. The Balaban J connectivity index is 1.66. The van der Waals surface area contributed by atoms with E-state index in [-0.39, 0.29) is 5.91 Å². The molecule has 4 nitrogen and oxygen atoms in total. The standard InChI is InChI=1S/C13H24N2O2/c1-17-10-11-6-7-15(9-11)13(16)8-14-12-4-2-3-5-12/h11-12,14H,2-10H2,1H3. The van der Waals surface area contributed by atoms with Crippen LogP contribution in [0.4, 0.5) is 0 Å². The molecule has 0 aromatic carbocycles. The number of carbonyl (C=O) groups excluding carboxylic acids is 1. The molecule has 2 aliphatic rings. The minimum Gasteiger partial charge on any atom is -0.384 e. The SMILES string of the molecule is COCC1CCN(C(=O)CNC2CCCC2)C1. The molecule has 1 amide bonds. The molecule has 98 valence electrons. The number of rotatable bonds is 5. The molecule has 17 heavy (non-hydrogen) atoms. The highest BCUT2D eigenvalue weighted by Crippen LogP contribution is 2.18. The topological polar surface area (TPSA) is 41.6 Å². The highest BCUT2D eigenvalue weighted by Gasteiger charge is 2.26. The summed E-state index contributed by atoms with van der Waals surface area (Å²) in [5.41, 5.74) is 0. The van der Waals surface area contributed by atoms with Crippen LogP contribution in [0.2, 0.25) is 0 Å². The molecule has 1 aliphatic heterocycles. The van der Waals surface area contributed by atoms with Crippen LogP contribution in [0.1, 0.15) is 32.1 Å². The summed E-state index contributed by atoms with van der Waals surface area (Å²) in [5.74, 6) is 0.797. The summed E-state index contributed by atoms with van der Waals surface area (Å²) in [4.78, 5) is 14.0. The van der Waals surface area contributed by atoms with Crippen molar-refractivity contribution in [2.24, 2.45) is 5.92 Å². The van der Waals surface area contributed by atoms with Crippen molar-refractivity contribution in [1.29, 1.82) is 0 Å². The monoisotopic (exact) mass is 240 g/mol. The van der Waals surface area contributed by atoms with E-state index in [0.717, 1.165) is 26.1 Å². The molecule has 1 heterocycles. The molecular formula is C13H24N2O2. The first kappa shape index (κ1) is 12.8. The highest BCUT2D eigenvalue weighted by molar-refractivity contribution is 5.78. The molecule has 2 fully saturated rings.